The summed E-state index contributed by atoms with van der Waals surface area (Å²) in [6.45, 7) is 6.29. The van der Waals surface area contributed by atoms with E-state index >= 15 is 0 Å². The summed E-state index contributed by atoms with van der Waals surface area (Å²) in [5, 5.41) is 3.46. The Morgan fingerprint density at radius 1 is 1.30 bits per heavy atom. The first kappa shape index (κ1) is 19.1. The van der Waals surface area contributed by atoms with E-state index in [1.165, 1.54) is 22.2 Å². The summed E-state index contributed by atoms with van der Waals surface area (Å²) in [7, 11) is 1.66. The van der Waals surface area contributed by atoms with Crippen LogP contribution in [0.3, 0.4) is 0 Å². The van der Waals surface area contributed by atoms with Gasteiger partial charge in [-0.2, -0.15) is 0 Å². The average Bonchev–Trinajstić information content (AvgIpc) is 2.96. The summed E-state index contributed by atoms with van der Waals surface area (Å²) in [6, 6.07) is 7.88. The zero-order valence-corrected chi connectivity index (χ0v) is 16.7. The number of fused-ring (bicyclic) bond motifs is 1. The van der Waals surface area contributed by atoms with Crippen molar-refractivity contribution in [1.82, 2.24) is 14.9 Å². The van der Waals surface area contributed by atoms with Crippen LogP contribution in [0.25, 0.3) is 10.2 Å². The molecule has 6 nitrogen and oxygen atoms in total. The van der Waals surface area contributed by atoms with E-state index < -0.39 is 0 Å². The highest BCUT2D eigenvalue weighted by atomic mass is 32.1. The Bertz CT molecular complexity index is 1020. The molecule has 0 atom stereocenters. The maximum atomic E-state index is 12.5. The maximum Gasteiger partial charge on any atom is 0.262 e. The summed E-state index contributed by atoms with van der Waals surface area (Å²) >= 11 is 1.26. The number of hydrogen-bond donors (Lipinski definition) is 1. The van der Waals surface area contributed by atoms with Crippen molar-refractivity contribution in [1.29, 1.82) is 0 Å². The second-order valence-electron chi connectivity index (χ2n) is 6.71. The summed E-state index contributed by atoms with van der Waals surface area (Å²) in [4.78, 5) is 30.2. The summed E-state index contributed by atoms with van der Waals surface area (Å²) in [5.74, 6) is 0.671. The minimum absolute atomic E-state index is 0.128. The van der Waals surface area contributed by atoms with Gasteiger partial charge in [0.15, 0.2) is 0 Å². The van der Waals surface area contributed by atoms with Crippen LogP contribution >= 0.6 is 11.3 Å². The van der Waals surface area contributed by atoms with Gasteiger partial charge in [-0.1, -0.05) is 12.1 Å². The van der Waals surface area contributed by atoms with Crippen LogP contribution in [0.15, 0.2) is 35.4 Å². The molecule has 0 aliphatic rings. The molecule has 1 N–H and O–H groups in total. The predicted octanol–water partition coefficient (Wildman–Crippen LogP) is 3.06. The van der Waals surface area contributed by atoms with E-state index in [4.69, 9.17) is 4.74 Å². The van der Waals surface area contributed by atoms with Gasteiger partial charge in [-0.05, 0) is 50.5 Å². The van der Waals surface area contributed by atoms with Gasteiger partial charge >= 0.3 is 0 Å². The van der Waals surface area contributed by atoms with Gasteiger partial charge in [0.05, 0.1) is 22.7 Å². The monoisotopic (exact) mass is 385 g/mol. The van der Waals surface area contributed by atoms with Crippen molar-refractivity contribution in [2.45, 2.75) is 33.3 Å². The number of aromatic nitrogens is 2. The number of benzene rings is 1. The zero-order chi connectivity index (χ0) is 19.6. The number of hydrogen-bond acceptors (Lipinski definition) is 5. The van der Waals surface area contributed by atoms with Crippen LogP contribution in [0.2, 0.25) is 0 Å². The third-order valence-electron chi connectivity index (χ3n) is 4.21. The Hall–Kier alpha value is -2.67. The lowest BCUT2D eigenvalue weighted by atomic mass is 10.1. The molecule has 0 unspecified atom stereocenters. The smallest absolute Gasteiger partial charge is 0.262 e. The summed E-state index contributed by atoms with van der Waals surface area (Å²) in [6.07, 6.45) is 2.35. The lowest BCUT2D eigenvalue weighted by molar-refractivity contribution is 0.0957. The molecule has 0 fully saturated rings. The molecule has 0 radical (unpaired) electrons. The van der Waals surface area contributed by atoms with E-state index in [2.05, 4.69) is 10.3 Å². The van der Waals surface area contributed by atoms with Crippen molar-refractivity contribution in [3.8, 4) is 5.75 Å². The number of rotatable bonds is 6. The molecule has 3 aromatic rings. The molecule has 3 rings (SSSR count). The fourth-order valence-electron chi connectivity index (χ4n) is 2.83. The van der Waals surface area contributed by atoms with Crippen molar-refractivity contribution in [2.24, 2.45) is 7.05 Å². The number of aryl methyl sites for hydroxylation is 2. The van der Waals surface area contributed by atoms with Crippen molar-refractivity contribution in [2.75, 3.05) is 6.54 Å². The number of amides is 1. The largest absolute Gasteiger partial charge is 0.491 e. The normalized spacial score (nSPS) is 11.1. The van der Waals surface area contributed by atoms with E-state index in [1.807, 2.05) is 38.1 Å². The minimum atomic E-state index is -0.169. The summed E-state index contributed by atoms with van der Waals surface area (Å²) in [5.41, 5.74) is 1.68. The molecule has 1 amide bonds. The first-order valence-corrected chi connectivity index (χ1v) is 9.67. The first-order valence-electron chi connectivity index (χ1n) is 8.85. The molecule has 0 aliphatic carbocycles. The lowest BCUT2D eigenvalue weighted by Crippen LogP contribution is -2.25. The molecule has 7 heteroatoms. The number of nitrogens with one attached hydrogen (secondary N) is 1. The fourth-order valence-corrected chi connectivity index (χ4v) is 3.89. The third kappa shape index (κ3) is 4.19. The van der Waals surface area contributed by atoms with E-state index in [9.17, 15) is 9.59 Å². The van der Waals surface area contributed by atoms with Gasteiger partial charge in [-0.15, -0.1) is 11.3 Å². The molecule has 1 aromatic carbocycles. The Labute approximate surface area is 161 Å². The van der Waals surface area contributed by atoms with Crippen molar-refractivity contribution in [3.63, 3.8) is 0 Å². The minimum Gasteiger partial charge on any atom is -0.491 e. The quantitative estimate of drug-likeness (QED) is 0.708. The molecule has 0 aliphatic heterocycles. The molecule has 0 saturated heterocycles. The highest BCUT2D eigenvalue weighted by Gasteiger charge is 2.18. The van der Waals surface area contributed by atoms with Crippen LogP contribution in [0.1, 0.15) is 34.6 Å². The van der Waals surface area contributed by atoms with Crippen LogP contribution in [-0.4, -0.2) is 28.1 Å². The van der Waals surface area contributed by atoms with Gasteiger partial charge in [0.1, 0.15) is 10.6 Å². The molecular weight excluding hydrogens is 362 g/mol. The second kappa shape index (κ2) is 7.92. The number of thiophene rings is 1. The molecule has 27 heavy (non-hydrogen) atoms. The maximum absolute atomic E-state index is 12.5. The Balaban J connectivity index is 1.64. The molecular formula is C20H23N3O3S. The van der Waals surface area contributed by atoms with Crippen molar-refractivity contribution < 1.29 is 9.53 Å². The Morgan fingerprint density at radius 2 is 2.00 bits per heavy atom. The molecule has 0 spiro atoms. The van der Waals surface area contributed by atoms with Gasteiger partial charge in [-0.3, -0.25) is 9.59 Å². The van der Waals surface area contributed by atoms with Gasteiger partial charge in [0.2, 0.25) is 0 Å². The van der Waals surface area contributed by atoms with E-state index in [0.29, 0.717) is 27.2 Å². The number of nitrogens with zero attached hydrogens (tertiary/aromatic N) is 2. The topological polar surface area (TPSA) is 73.2 Å². The van der Waals surface area contributed by atoms with E-state index in [-0.39, 0.29) is 17.6 Å². The van der Waals surface area contributed by atoms with Gasteiger partial charge in [-0.25, -0.2) is 4.98 Å². The fraction of sp³-hybridized carbons (Fsp3) is 0.350. The molecule has 0 bridgehead atoms. The van der Waals surface area contributed by atoms with E-state index in [1.54, 1.807) is 14.0 Å². The third-order valence-corrected chi connectivity index (χ3v) is 5.41. The first-order chi connectivity index (χ1) is 12.9. The second-order valence-corrected chi connectivity index (χ2v) is 7.71. The number of carbonyl (C=O) groups excluding carboxylic acids is 1. The van der Waals surface area contributed by atoms with Crippen LogP contribution < -0.4 is 15.6 Å². The molecule has 142 valence electrons. The number of ether oxygens (including phenoxy) is 1. The average molecular weight is 385 g/mol. The van der Waals surface area contributed by atoms with Crippen molar-refractivity contribution >= 4 is 27.5 Å². The zero-order valence-electron chi connectivity index (χ0n) is 15.9. The highest BCUT2D eigenvalue weighted by Crippen LogP contribution is 2.26. The predicted molar refractivity (Wildman–Crippen MR) is 108 cm³/mol. The van der Waals surface area contributed by atoms with Gasteiger partial charge < -0.3 is 14.6 Å². The van der Waals surface area contributed by atoms with Gasteiger partial charge in [0.25, 0.3) is 11.5 Å². The van der Waals surface area contributed by atoms with Crippen LogP contribution in [-0.2, 0) is 13.5 Å². The molecule has 2 aromatic heterocycles. The van der Waals surface area contributed by atoms with Crippen LogP contribution in [0.4, 0.5) is 0 Å². The lowest BCUT2D eigenvalue weighted by Gasteiger charge is -2.10. The van der Waals surface area contributed by atoms with Crippen LogP contribution in [0.5, 0.6) is 5.75 Å². The van der Waals surface area contributed by atoms with Crippen molar-refractivity contribution in [3.05, 3.63) is 57.0 Å². The van der Waals surface area contributed by atoms with Gasteiger partial charge in [0, 0.05) is 13.6 Å². The van der Waals surface area contributed by atoms with Crippen LogP contribution in [0, 0.1) is 6.92 Å². The Morgan fingerprint density at radius 3 is 2.67 bits per heavy atom. The molecule has 2 heterocycles. The highest BCUT2D eigenvalue weighted by molar-refractivity contribution is 7.20. The standard InChI is InChI=1S/C20H23N3O3S/c1-12(2)26-15-7-5-14(6-8-15)9-10-21-18(24)17-13(3)16-19(27-17)22-11-23(4)20(16)25/h5-8,11-12H,9-10H2,1-4H3,(H,21,24). The molecule has 0 saturated carbocycles. The van der Waals surface area contributed by atoms with E-state index in [0.717, 1.165) is 17.7 Å². The SMILES string of the molecule is Cc1c(C(=O)NCCc2ccc(OC(C)C)cc2)sc2ncn(C)c(=O)c12. The summed E-state index contributed by atoms with van der Waals surface area (Å²) < 4.78 is 7.06. The Kier molecular flexibility index (Phi) is 5.60. The number of carbonyl (C=O) groups is 1.